The van der Waals surface area contributed by atoms with Crippen molar-refractivity contribution in [3.63, 3.8) is 0 Å². The lowest BCUT2D eigenvalue weighted by atomic mass is 10.1. The molecular formula is C22H24N3O8P. The van der Waals surface area contributed by atoms with Gasteiger partial charge in [-0.25, -0.2) is 4.79 Å². The molecule has 2 aromatic heterocycles. The van der Waals surface area contributed by atoms with Crippen LogP contribution in [0.2, 0.25) is 0 Å². The molecular weight excluding hydrogens is 465 g/mol. The number of ether oxygens (including phenoxy) is 1. The number of hydrogen-bond acceptors (Lipinski definition) is 9. The minimum Gasteiger partial charge on any atom is -0.387 e. The van der Waals surface area contributed by atoms with E-state index in [0.717, 1.165) is 26.3 Å². The molecule has 1 saturated heterocycles. The van der Waals surface area contributed by atoms with Crippen molar-refractivity contribution in [1.29, 1.82) is 0 Å². The highest BCUT2D eigenvalue weighted by molar-refractivity contribution is 7.39. The van der Waals surface area contributed by atoms with Gasteiger partial charge in [-0.3, -0.25) is 18.9 Å². The minimum atomic E-state index is -2.68. The molecule has 0 spiro atoms. The summed E-state index contributed by atoms with van der Waals surface area (Å²) in [5, 5.41) is 20.6. The number of benzene rings is 1. The molecule has 0 bridgehead atoms. The molecule has 1 aromatic carbocycles. The summed E-state index contributed by atoms with van der Waals surface area (Å²) in [6.07, 6.45) is -1.90. The van der Waals surface area contributed by atoms with Crippen LogP contribution in [-0.4, -0.2) is 59.0 Å². The minimum absolute atomic E-state index is 0.0988. The zero-order valence-corrected chi connectivity index (χ0v) is 18.8. The van der Waals surface area contributed by atoms with Crippen LogP contribution in [-0.2, 0) is 22.2 Å². The van der Waals surface area contributed by atoms with E-state index in [0.29, 0.717) is 12.1 Å². The van der Waals surface area contributed by atoms with Crippen molar-refractivity contribution in [3.8, 4) is 0 Å². The molecule has 3 heterocycles. The number of rotatable bonds is 8. The van der Waals surface area contributed by atoms with Crippen molar-refractivity contribution >= 4 is 8.60 Å². The highest BCUT2D eigenvalue weighted by atomic mass is 31.2. The lowest BCUT2D eigenvalue weighted by Crippen LogP contribution is -2.43. The maximum Gasteiger partial charge on any atom is 0.333 e. The highest BCUT2D eigenvalue weighted by Gasteiger charge is 2.44. The molecule has 11 nitrogen and oxygen atoms in total. The van der Waals surface area contributed by atoms with Crippen LogP contribution in [0.1, 0.15) is 23.0 Å². The van der Waals surface area contributed by atoms with Gasteiger partial charge < -0.3 is 29.3 Å². The molecule has 3 aromatic rings. The predicted octanol–water partition coefficient (Wildman–Crippen LogP) is -0.109. The summed E-state index contributed by atoms with van der Waals surface area (Å²) in [5.74, 6) is 0. The Morgan fingerprint density at radius 2 is 1.79 bits per heavy atom. The average molecular weight is 489 g/mol. The van der Waals surface area contributed by atoms with Gasteiger partial charge in [0, 0.05) is 18.5 Å². The van der Waals surface area contributed by atoms with Crippen LogP contribution in [0, 0.1) is 0 Å². The number of aliphatic hydroxyl groups is 2. The Morgan fingerprint density at radius 3 is 2.53 bits per heavy atom. The molecule has 0 saturated carbocycles. The Hall–Kier alpha value is -2.76. The van der Waals surface area contributed by atoms with Crippen molar-refractivity contribution in [1.82, 2.24) is 14.1 Å². The van der Waals surface area contributed by atoms with Crippen molar-refractivity contribution in [2.75, 3.05) is 6.61 Å². The number of aliphatic hydroxyl groups excluding tert-OH is 2. The molecule has 4 unspecified atom stereocenters. The smallest absolute Gasteiger partial charge is 0.333 e. The molecule has 1 aliphatic heterocycles. The topological polar surface area (TPSA) is 156 Å². The van der Waals surface area contributed by atoms with Gasteiger partial charge in [-0.05, 0) is 29.7 Å². The first kappa shape index (κ1) is 24.4. The first-order valence-electron chi connectivity index (χ1n) is 10.5. The predicted molar refractivity (Wildman–Crippen MR) is 121 cm³/mol. The lowest BCUT2D eigenvalue weighted by Gasteiger charge is -2.18. The Bertz CT molecular complexity index is 1230. The van der Waals surface area contributed by atoms with Crippen molar-refractivity contribution in [3.05, 3.63) is 98.6 Å². The van der Waals surface area contributed by atoms with Crippen LogP contribution in [0.4, 0.5) is 0 Å². The fraction of sp³-hybridized carbons (Fsp3) is 0.318. The van der Waals surface area contributed by atoms with Crippen molar-refractivity contribution in [2.24, 2.45) is 0 Å². The lowest BCUT2D eigenvalue weighted by molar-refractivity contribution is -0.0531. The van der Waals surface area contributed by atoms with Gasteiger partial charge in [0.15, 0.2) is 6.23 Å². The van der Waals surface area contributed by atoms with E-state index in [1.54, 1.807) is 6.20 Å². The monoisotopic (exact) mass is 489 g/mol. The highest BCUT2D eigenvalue weighted by Crippen LogP contribution is 2.32. The fourth-order valence-corrected chi connectivity index (χ4v) is 4.11. The summed E-state index contributed by atoms with van der Waals surface area (Å²) in [6.45, 7) is -0.502. The largest absolute Gasteiger partial charge is 0.387 e. The second-order valence-electron chi connectivity index (χ2n) is 7.84. The molecule has 0 amide bonds. The maximum absolute atomic E-state index is 13.1. The summed E-state index contributed by atoms with van der Waals surface area (Å²) in [6, 6.07) is 14.7. The van der Waals surface area contributed by atoms with Crippen LogP contribution in [0.25, 0.3) is 0 Å². The van der Waals surface area contributed by atoms with Gasteiger partial charge in [-0.15, -0.1) is 0 Å². The third-order valence-corrected chi connectivity index (χ3v) is 5.89. The average Bonchev–Trinajstić information content (AvgIpc) is 3.10. The van der Waals surface area contributed by atoms with Gasteiger partial charge in [0.2, 0.25) is 0 Å². The Balaban J connectivity index is 1.56. The van der Waals surface area contributed by atoms with Gasteiger partial charge in [0.05, 0.1) is 18.8 Å². The van der Waals surface area contributed by atoms with Crippen molar-refractivity contribution < 1.29 is 29.3 Å². The van der Waals surface area contributed by atoms with Crippen LogP contribution >= 0.6 is 8.60 Å². The van der Waals surface area contributed by atoms with Gasteiger partial charge in [-0.2, -0.15) is 0 Å². The molecule has 4 rings (SSSR count). The van der Waals surface area contributed by atoms with Gasteiger partial charge in [0.25, 0.3) is 5.56 Å². The summed E-state index contributed by atoms with van der Waals surface area (Å²) in [5.41, 5.74) is 1.26. The third-order valence-electron chi connectivity index (χ3n) is 5.51. The van der Waals surface area contributed by atoms with Crippen LogP contribution < -0.4 is 11.2 Å². The van der Waals surface area contributed by atoms with E-state index in [-0.39, 0.29) is 6.54 Å². The fourth-order valence-electron chi connectivity index (χ4n) is 3.83. The van der Waals surface area contributed by atoms with E-state index in [2.05, 4.69) is 9.51 Å². The number of nitrogens with zero attached hydrogens (tertiary/aromatic N) is 3. The van der Waals surface area contributed by atoms with Crippen LogP contribution in [0.3, 0.4) is 0 Å². The molecule has 1 aliphatic rings. The molecule has 0 aliphatic carbocycles. The number of aromatic nitrogens is 3. The Kier molecular flexibility index (Phi) is 7.64. The first-order valence-corrected chi connectivity index (χ1v) is 11.6. The van der Waals surface area contributed by atoms with Gasteiger partial charge in [-0.1, -0.05) is 30.3 Å². The molecule has 180 valence electrons. The molecule has 34 heavy (non-hydrogen) atoms. The van der Waals surface area contributed by atoms with E-state index in [1.165, 1.54) is 6.20 Å². The number of pyridine rings is 1. The van der Waals surface area contributed by atoms with E-state index < -0.39 is 51.0 Å². The quantitative estimate of drug-likeness (QED) is 0.317. The van der Waals surface area contributed by atoms with Crippen LogP contribution in [0.15, 0.2) is 70.5 Å². The third kappa shape index (κ3) is 5.48. The molecule has 12 heteroatoms. The van der Waals surface area contributed by atoms with E-state index in [9.17, 15) is 19.8 Å². The van der Waals surface area contributed by atoms with E-state index in [1.807, 2.05) is 42.5 Å². The Morgan fingerprint density at radius 1 is 1.03 bits per heavy atom. The first-order chi connectivity index (χ1) is 16.3. The zero-order valence-electron chi connectivity index (χ0n) is 17.9. The van der Waals surface area contributed by atoms with Crippen LogP contribution in [0.5, 0.6) is 0 Å². The molecule has 1 fully saturated rings. The molecule has 0 radical (unpaired) electrons. The second-order valence-corrected chi connectivity index (χ2v) is 8.61. The van der Waals surface area contributed by atoms with Crippen molar-refractivity contribution in [2.45, 2.75) is 37.5 Å². The summed E-state index contributed by atoms with van der Waals surface area (Å²) in [7, 11) is -2.68. The summed E-state index contributed by atoms with van der Waals surface area (Å²) in [4.78, 5) is 47.6. The van der Waals surface area contributed by atoms with E-state index >= 15 is 0 Å². The normalized spacial score (nSPS) is 22.4. The Labute approximate surface area is 195 Å². The number of hydrogen-bond donors (Lipinski definition) is 4. The molecule has 4 atom stereocenters. The summed E-state index contributed by atoms with van der Waals surface area (Å²) < 4.78 is 12.2. The van der Waals surface area contributed by atoms with Gasteiger partial charge >= 0.3 is 14.3 Å². The molecule has 4 N–H and O–H groups in total. The standard InChI is InChI=1S/C22H24N3O8P/c26-18-7-9-24(21-20(28)19(27)17(33-21)13-32-34(30)31)22(29)25(18)12-16-11-15(6-8-23-16)10-14-4-2-1-3-5-14/h1-9,11,17,19-21,27-28,30-31H,10,12-13H2. The van der Waals surface area contributed by atoms with Gasteiger partial charge in [0.1, 0.15) is 18.3 Å². The second kappa shape index (κ2) is 10.7. The zero-order chi connectivity index (χ0) is 24.2. The summed E-state index contributed by atoms with van der Waals surface area (Å²) >= 11 is 0. The maximum atomic E-state index is 13.1. The van der Waals surface area contributed by atoms with E-state index in [4.69, 9.17) is 14.5 Å². The SMILES string of the molecule is O=c1ccn(C2OC(COP(O)O)C(O)C2O)c(=O)n1Cc1cc(Cc2ccccc2)ccn1.